The molecule has 0 fully saturated rings. The Labute approximate surface area is 189 Å². The van der Waals surface area contributed by atoms with Crippen LogP contribution in [-0.2, 0) is 6.42 Å². The number of hydrogen-bond acceptors (Lipinski definition) is 5. The molecule has 4 heterocycles. The van der Waals surface area contributed by atoms with Crippen molar-refractivity contribution in [3.8, 4) is 11.3 Å². The fourth-order valence-corrected chi connectivity index (χ4v) is 3.84. The summed E-state index contributed by atoms with van der Waals surface area (Å²) in [5.41, 5.74) is 4.07. The lowest BCUT2D eigenvalue weighted by molar-refractivity contribution is 0.0829. The van der Waals surface area contributed by atoms with Crippen LogP contribution in [0.5, 0.6) is 0 Å². The molecule has 5 aromatic rings. The van der Waals surface area contributed by atoms with E-state index in [1.807, 2.05) is 24.4 Å². The van der Waals surface area contributed by atoms with Crippen molar-refractivity contribution in [2.75, 3.05) is 26.0 Å². The minimum absolute atomic E-state index is 0.211. The highest BCUT2D eigenvalue weighted by Gasteiger charge is 2.19. The van der Waals surface area contributed by atoms with E-state index >= 15 is 0 Å². The maximum Gasteiger partial charge on any atom is 0.258 e. The molecular formula is C24H22FN7O. The molecule has 0 saturated carbocycles. The summed E-state index contributed by atoms with van der Waals surface area (Å²) in [6.45, 7) is 0.624. The normalized spacial score (nSPS) is 11.2. The van der Waals surface area contributed by atoms with Gasteiger partial charge in [0.15, 0.2) is 5.65 Å². The third kappa shape index (κ3) is 3.89. The van der Waals surface area contributed by atoms with Gasteiger partial charge in [0.2, 0.25) is 0 Å². The molecule has 1 amide bonds. The van der Waals surface area contributed by atoms with Crippen LogP contribution in [0.25, 0.3) is 27.8 Å². The predicted octanol–water partition coefficient (Wildman–Crippen LogP) is 3.77. The molecular weight excluding hydrogens is 421 g/mol. The van der Waals surface area contributed by atoms with Gasteiger partial charge in [0.25, 0.3) is 5.91 Å². The molecule has 0 atom stereocenters. The number of nitrogens with one attached hydrogen (secondary N) is 2. The second-order valence-corrected chi connectivity index (χ2v) is 7.95. The van der Waals surface area contributed by atoms with Crippen LogP contribution in [0.3, 0.4) is 0 Å². The Kier molecular flexibility index (Phi) is 5.21. The number of hydrogen-bond donors (Lipinski definition) is 2. The minimum Gasteiger partial charge on any atom is -0.370 e. The summed E-state index contributed by atoms with van der Waals surface area (Å²) >= 11 is 0. The number of H-pyrrole nitrogens is 1. The lowest BCUT2D eigenvalue weighted by atomic mass is 10.1. The van der Waals surface area contributed by atoms with Crippen LogP contribution in [0.15, 0.2) is 61.2 Å². The zero-order valence-corrected chi connectivity index (χ0v) is 18.2. The first-order valence-corrected chi connectivity index (χ1v) is 10.5. The first-order chi connectivity index (χ1) is 16.0. The third-order valence-electron chi connectivity index (χ3n) is 5.48. The number of aromatic amines is 1. The number of pyridine rings is 1. The van der Waals surface area contributed by atoms with Crippen LogP contribution in [0.4, 0.5) is 10.2 Å². The molecule has 0 radical (unpaired) electrons. The van der Waals surface area contributed by atoms with Crippen molar-refractivity contribution in [1.29, 1.82) is 0 Å². The third-order valence-corrected chi connectivity index (χ3v) is 5.48. The van der Waals surface area contributed by atoms with Crippen molar-refractivity contribution in [1.82, 2.24) is 29.5 Å². The number of benzene rings is 1. The minimum atomic E-state index is -0.457. The predicted molar refractivity (Wildman–Crippen MR) is 125 cm³/mol. The molecule has 4 aromatic heterocycles. The van der Waals surface area contributed by atoms with Gasteiger partial charge < -0.3 is 15.2 Å². The largest absolute Gasteiger partial charge is 0.370 e. The van der Waals surface area contributed by atoms with Crippen LogP contribution in [0.1, 0.15) is 15.9 Å². The van der Waals surface area contributed by atoms with E-state index in [-0.39, 0.29) is 5.91 Å². The summed E-state index contributed by atoms with van der Waals surface area (Å²) in [4.78, 5) is 26.0. The van der Waals surface area contributed by atoms with Crippen molar-refractivity contribution < 1.29 is 9.18 Å². The Hall–Kier alpha value is -4.27. The van der Waals surface area contributed by atoms with E-state index in [1.165, 1.54) is 28.1 Å². The Morgan fingerprint density at radius 2 is 2.03 bits per heavy atom. The second kappa shape index (κ2) is 8.34. The van der Waals surface area contributed by atoms with Gasteiger partial charge in [-0.2, -0.15) is 9.61 Å². The van der Waals surface area contributed by atoms with Gasteiger partial charge in [0, 0.05) is 55.6 Å². The average molecular weight is 443 g/mol. The van der Waals surface area contributed by atoms with E-state index in [2.05, 4.69) is 31.4 Å². The summed E-state index contributed by atoms with van der Waals surface area (Å²) in [6, 6.07) is 11.3. The molecule has 0 saturated heterocycles. The zero-order chi connectivity index (χ0) is 22.9. The Morgan fingerprint density at radius 1 is 1.18 bits per heavy atom. The van der Waals surface area contributed by atoms with Crippen molar-refractivity contribution in [2.45, 2.75) is 6.42 Å². The van der Waals surface area contributed by atoms with Gasteiger partial charge >= 0.3 is 0 Å². The molecule has 5 rings (SSSR count). The summed E-state index contributed by atoms with van der Waals surface area (Å²) in [5.74, 6) is -0.0187. The molecule has 0 bridgehead atoms. The van der Waals surface area contributed by atoms with Gasteiger partial charge in [-0.25, -0.2) is 9.37 Å². The smallest absolute Gasteiger partial charge is 0.258 e. The summed E-state index contributed by atoms with van der Waals surface area (Å²) in [6.07, 6.45) is 6.97. The number of para-hydroxylation sites is 1. The van der Waals surface area contributed by atoms with Gasteiger partial charge in [0.1, 0.15) is 17.2 Å². The molecule has 166 valence electrons. The lowest BCUT2D eigenvalue weighted by Gasteiger charge is -2.12. The first kappa shape index (κ1) is 20.6. The van der Waals surface area contributed by atoms with Crippen molar-refractivity contribution in [3.05, 3.63) is 78.1 Å². The van der Waals surface area contributed by atoms with E-state index in [4.69, 9.17) is 0 Å². The Balaban J connectivity index is 1.51. The van der Waals surface area contributed by atoms with Gasteiger partial charge in [0.05, 0.1) is 18.1 Å². The van der Waals surface area contributed by atoms with Crippen LogP contribution in [0, 0.1) is 5.82 Å². The monoisotopic (exact) mass is 443 g/mol. The number of amides is 1. The molecule has 2 N–H and O–H groups in total. The number of carbonyl (C=O) groups excluding carboxylic acids is 1. The van der Waals surface area contributed by atoms with Gasteiger partial charge in [-0.3, -0.25) is 9.78 Å². The fraction of sp³-hybridized carbons (Fsp3) is 0.167. The van der Waals surface area contributed by atoms with Crippen LogP contribution >= 0.6 is 0 Å². The molecule has 0 aliphatic heterocycles. The molecule has 0 aliphatic carbocycles. The first-order valence-electron chi connectivity index (χ1n) is 10.5. The quantitative estimate of drug-likeness (QED) is 0.417. The number of rotatable bonds is 6. The number of aromatic nitrogens is 5. The van der Waals surface area contributed by atoms with Gasteiger partial charge in [-0.05, 0) is 24.1 Å². The van der Waals surface area contributed by atoms with Gasteiger partial charge in [-0.15, -0.1) is 0 Å². The number of anilines is 1. The molecule has 0 spiro atoms. The highest BCUT2D eigenvalue weighted by Crippen LogP contribution is 2.25. The maximum absolute atomic E-state index is 13.8. The molecule has 1 aromatic carbocycles. The molecule has 33 heavy (non-hydrogen) atoms. The molecule has 9 heteroatoms. The Morgan fingerprint density at radius 3 is 2.85 bits per heavy atom. The zero-order valence-electron chi connectivity index (χ0n) is 18.2. The SMILES string of the molecule is CN(C)C(=O)c1cnn2c(NCCc3c[nH]c4ccccc34)cc(-c3cncc(F)c3)nc12. The van der Waals surface area contributed by atoms with Crippen LogP contribution < -0.4 is 5.32 Å². The van der Waals surface area contributed by atoms with Crippen LogP contribution in [0.2, 0.25) is 0 Å². The topological polar surface area (TPSA) is 91.2 Å². The van der Waals surface area contributed by atoms with Crippen LogP contribution in [-0.4, -0.2) is 56.0 Å². The highest BCUT2D eigenvalue weighted by atomic mass is 19.1. The number of carbonyl (C=O) groups is 1. The molecule has 0 unspecified atom stereocenters. The Bertz CT molecular complexity index is 1470. The number of halogens is 1. The molecule has 0 aliphatic rings. The highest BCUT2D eigenvalue weighted by molar-refractivity contribution is 5.99. The fourth-order valence-electron chi connectivity index (χ4n) is 3.84. The second-order valence-electron chi connectivity index (χ2n) is 7.95. The van der Waals surface area contributed by atoms with Crippen molar-refractivity contribution in [3.63, 3.8) is 0 Å². The van der Waals surface area contributed by atoms with E-state index in [1.54, 1.807) is 30.9 Å². The van der Waals surface area contributed by atoms with Crippen molar-refractivity contribution >= 4 is 28.3 Å². The van der Waals surface area contributed by atoms with E-state index < -0.39 is 5.82 Å². The van der Waals surface area contributed by atoms with Gasteiger partial charge in [-0.1, -0.05) is 18.2 Å². The van der Waals surface area contributed by atoms with E-state index in [9.17, 15) is 9.18 Å². The van der Waals surface area contributed by atoms with E-state index in [0.717, 1.165) is 18.1 Å². The lowest BCUT2D eigenvalue weighted by Crippen LogP contribution is -2.21. The standard InChI is InChI=1S/C24H22FN7O/c1-31(2)24(33)19-14-29-32-22(10-21(30-23(19)32)16-9-17(25)13-26-11-16)27-8-7-15-12-28-20-6-4-3-5-18(15)20/h3-6,9-14,27-28H,7-8H2,1-2H3. The average Bonchev–Trinajstić information content (AvgIpc) is 3.43. The van der Waals surface area contributed by atoms with Crippen molar-refractivity contribution in [2.24, 2.45) is 0 Å². The number of fused-ring (bicyclic) bond motifs is 2. The summed E-state index contributed by atoms with van der Waals surface area (Å²) in [5, 5.41) is 8.98. The maximum atomic E-state index is 13.8. The molecule has 8 nitrogen and oxygen atoms in total. The van der Waals surface area contributed by atoms with E-state index in [0.29, 0.717) is 34.8 Å². The summed E-state index contributed by atoms with van der Waals surface area (Å²) in [7, 11) is 3.35. The summed E-state index contributed by atoms with van der Waals surface area (Å²) < 4.78 is 15.4. The number of nitrogens with zero attached hydrogens (tertiary/aromatic N) is 5.